The first-order chi connectivity index (χ1) is 6.54. The Hall–Kier alpha value is -1.03. The van der Waals surface area contributed by atoms with Gasteiger partial charge < -0.3 is 0 Å². The number of halogens is 3. The summed E-state index contributed by atoms with van der Waals surface area (Å²) < 4.78 is 37.0. The smallest absolute Gasteiger partial charge is 0.171 e. The third kappa shape index (κ3) is 2.07. The van der Waals surface area contributed by atoms with Gasteiger partial charge in [-0.25, -0.2) is 0 Å². The summed E-state index contributed by atoms with van der Waals surface area (Å²) in [5, 5.41) is 3.83. The van der Waals surface area contributed by atoms with Gasteiger partial charge in [-0.05, 0) is 23.1 Å². The average Bonchev–Trinajstić information content (AvgIpc) is 2.47. The molecule has 2 aromatic rings. The molecule has 1 heterocycles. The molecule has 2 rings (SSSR count). The number of hydrogen-bond acceptors (Lipinski definition) is 1. The van der Waals surface area contributed by atoms with E-state index in [0.29, 0.717) is 5.56 Å². The van der Waals surface area contributed by atoms with E-state index in [2.05, 4.69) is 5.38 Å². The summed E-state index contributed by atoms with van der Waals surface area (Å²) in [6.45, 7) is 0. The quantitative estimate of drug-likeness (QED) is 0.678. The van der Waals surface area contributed by atoms with Crippen LogP contribution in [0.4, 0.5) is 13.2 Å². The zero-order valence-electron chi connectivity index (χ0n) is 7.06. The number of thiophene rings is 1. The molecule has 0 aliphatic rings. The Labute approximate surface area is 83.0 Å². The minimum Gasteiger partial charge on any atom is -0.171 e. The zero-order valence-corrected chi connectivity index (χ0v) is 7.88. The van der Waals surface area contributed by atoms with Crippen LogP contribution in [0.5, 0.6) is 0 Å². The largest absolute Gasteiger partial charge is 0.393 e. The molecule has 0 saturated heterocycles. The van der Waals surface area contributed by atoms with Gasteiger partial charge in [0.1, 0.15) is 0 Å². The Kier molecular flexibility index (Phi) is 2.23. The van der Waals surface area contributed by atoms with E-state index in [1.54, 1.807) is 18.2 Å². The molecule has 0 aliphatic carbocycles. The highest BCUT2D eigenvalue weighted by molar-refractivity contribution is 7.16. The second-order valence-corrected chi connectivity index (χ2v) is 3.91. The van der Waals surface area contributed by atoms with Crippen molar-refractivity contribution in [1.29, 1.82) is 0 Å². The average molecular weight is 215 g/mol. The van der Waals surface area contributed by atoms with Crippen molar-refractivity contribution in [3.8, 4) is 0 Å². The zero-order chi connectivity index (χ0) is 10.2. The molecule has 0 aliphatic heterocycles. The Morgan fingerprint density at radius 1 is 1.29 bits per heavy atom. The third-order valence-corrected chi connectivity index (χ3v) is 2.68. The lowest BCUT2D eigenvalue weighted by Gasteiger charge is -2.05. The van der Waals surface area contributed by atoms with Gasteiger partial charge in [-0.3, -0.25) is 0 Å². The van der Waals surface area contributed by atoms with Crippen LogP contribution < -0.4 is 0 Å². The Balaban J connectivity index is 2.35. The molecule has 1 radical (unpaired) electrons. The minimum atomic E-state index is -4.13. The van der Waals surface area contributed by atoms with Crippen LogP contribution >= 0.6 is 11.3 Å². The maximum atomic E-state index is 12.1. The topological polar surface area (TPSA) is 0 Å². The highest BCUT2D eigenvalue weighted by atomic mass is 32.1. The van der Waals surface area contributed by atoms with Gasteiger partial charge >= 0.3 is 6.18 Å². The first-order valence-electron chi connectivity index (χ1n) is 4.00. The van der Waals surface area contributed by atoms with E-state index in [4.69, 9.17) is 0 Å². The lowest BCUT2D eigenvalue weighted by Crippen LogP contribution is -2.11. The van der Waals surface area contributed by atoms with Crippen molar-refractivity contribution < 1.29 is 13.2 Å². The second-order valence-electron chi connectivity index (χ2n) is 3.03. The second kappa shape index (κ2) is 3.28. The van der Waals surface area contributed by atoms with Crippen molar-refractivity contribution >= 4 is 21.4 Å². The van der Waals surface area contributed by atoms with E-state index in [0.717, 1.165) is 10.1 Å². The molecule has 0 N–H and O–H groups in total. The number of rotatable bonds is 1. The molecule has 1 aromatic heterocycles. The molecule has 0 nitrogen and oxygen atoms in total. The van der Waals surface area contributed by atoms with Crippen LogP contribution in [-0.4, -0.2) is 6.18 Å². The lowest BCUT2D eigenvalue weighted by atomic mass is 10.1. The molecule has 0 saturated carbocycles. The summed E-state index contributed by atoms with van der Waals surface area (Å²) in [6.07, 6.45) is -4.99. The van der Waals surface area contributed by atoms with Gasteiger partial charge in [0.2, 0.25) is 0 Å². The molecule has 0 unspecified atom stereocenters. The van der Waals surface area contributed by atoms with Crippen LogP contribution in [0.1, 0.15) is 5.56 Å². The lowest BCUT2D eigenvalue weighted by molar-refractivity contribution is -0.127. The van der Waals surface area contributed by atoms with Crippen molar-refractivity contribution in [2.75, 3.05) is 0 Å². The molecule has 1 aromatic carbocycles. The van der Waals surface area contributed by atoms with Gasteiger partial charge in [-0.15, -0.1) is 11.3 Å². The SMILES string of the molecule is FC(F)(F)Cc1ccc2c[c]sc2c1. The van der Waals surface area contributed by atoms with Gasteiger partial charge in [0.05, 0.1) is 6.42 Å². The van der Waals surface area contributed by atoms with Crippen LogP contribution in [0.2, 0.25) is 0 Å². The molecule has 4 heteroatoms. The number of alkyl halides is 3. The molecular weight excluding hydrogens is 209 g/mol. The van der Waals surface area contributed by atoms with Crippen LogP contribution in [0.15, 0.2) is 24.3 Å². The molecule has 73 valence electrons. The Morgan fingerprint density at radius 3 is 2.79 bits per heavy atom. The van der Waals surface area contributed by atoms with Crippen LogP contribution in [-0.2, 0) is 6.42 Å². The number of hydrogen-bond donors (Lipinski definition) is 0. The summed E-state index contributed by atoms with van der Waals surface area (Å²) in [5.74, 6) is 0. The fraction of sp³-hybridized carbons (Fsp3) is 0.200. The Bertz CT molecular complexity index is 442. The van der Waals surface area contributed by atoms with Crippen molar-refractivity contribution in [3.05, 3.63) is 35.2 Å². The van der Waals surface area contributed by atoms with Crippen LogP contribution in [0.25, 0.3) is 10.1 Å². The highest BCUT2D eigenvalue weighted by Gasteiger charge is 2.27. The molecule has 14 heavy (non-hydrogen) atoms. The van der Waals surface area contributed by atoms with E-state index in [1.807, 2.05) is 0 Å². The summed E-state index contributed by atoms with van der Waals surface area (Å²) in [5.41, 5.74) is 0.306. The summed E-state index contributed by atoms with van der Waals surface area (Å²) in [7, 11) is 0. The van der Waals surface area contributed by atoms with Gasteiger partial charge in [0.15, 0.2) is 0 Å². The standard InChI is InChI=1S/C10H6F3S/c11-10(12,13)6-7-1-2-8-3-4-14-9(8)5-7/h1-3,5H,6H2. The van der Waals surface area contributed by atoms with Crippen molar-refractivity contribution in [2.45, 2.75) is 12.6 Å². The van der Waals surface area contributed by atoms with E-state index in [-0.39, 0.29) is 0 Å². The molecule has 0 bridgehead atoms. The van der Waals surface area contributed by atoms with Crippen molar-refractivity contribution in [1.82, 2.24) is 0 Å². The third-order valence-electron chi connectivity index (χ3n) is 1.87. The summed E-state index contributed by atoms with van der Waals surface area (Å²) >= 11 is 1.34. The van der Waals surface area contributed by atoms with Crippen molar-refractivity contribution in [2.24, 2.45) is 0 Å². The van der Waals surface area contributed by atoms with E-state index >= 15 is 0 Å². The first kappa shape index (κ1) is 9.52. The van der Waals surface area contributed by atoms with Gasteiger partial charge in [-0.1, -0.05) is 12.1 Å². The van der Waals surface area contributed by atoms with Crippen LogP contribution in [0, 0.1) is 5.38 Å². The summed E-state index contributed by atoms with van der Waals surface area (Å²) in [4.78, 5) is 0. The number of benzene rings is 1. The Morgan fingerprint density at radius 2 is 2.07 bits per heavy atom. The first-order valence-corrected chi connectivity index (χ1v) is 4.81. The predicted octanol–water partition coefficient (Wildman–Crippen LogP) is 3.81. The molecule has 0 spiro atoms. The predicted molar refractivity (Wildman–Crippen MR) is 50.4 cm³/mol. The fourth-order valence-corrected chi connectivity index (χ4v) is 2.05. The van der Waals surface area contributed by atoms with Gasteiger partial charge in [0, 0.05) is 10.1 Å². The molecule has 0 amide bonds. The molecule has 0 fully saturated rings. The van der Waals surface area contributed by atoms with E-state index < -0.39 is 12.6 Å². The van der Waals surface area contributed by atoms with E-state index in [9.17, 15) is 13.2 Å². The highest BCUT2D eigenvalue weighted by Crippen LogP contribution is 2.26. The van der Waals surface area contributed by atoms with E-state index in [1.165, 1.54) is 17.4 Å². The molecular formula is C10H6F3S. The minimum absolute atomic E-state index is 0.306. The van der Waals surface area contributed by atoms with Crippen LogP contribution in [0.3, 0.4) is 0 Å². The maximum Gasteiger partial charge on any atom is 0.393 e. The molecule has 0 atom stereocenters. The van der Waals surface area contributed by atoms with Gasteiger partial charge in [-0.2, -0.15) is 13.2 Å². The summed E-state index contributed by atoms with van der Waals surface area (Å²) in [6, 6.07) is 6.56. The maximum absolute atomic E-state index is 12.1. The van der Waals surface area contributed by atoms with Crippen molar-refractivity contribution in [3.63, 3.8) is 0 Å². The fourth-order valence-electron chi connectivity index (χ4n) is 1.28. The van der Waals surface area contributed by atoms with Gasteiger partial charge in [0.25, 0.3) is 0 Å². The number of fused-ring (bicyclic) bond motifs is 1. The monoisotopic (exact) mass is 215 g/mol. The normalized spacial score (nSPS) is 12.2.